The Morgan fingerprint density at radius 3 is 2.70 bits per heavy atom. The maximum atomic E-state index is 15.1. The minimum absolute atomic E-state index is 0.0175. The Morgan fingerprint density at radius 2 is 1.95 bits per heavy atom. The quantitative estimate of drug-likeness (QED) is 0.210. The minimum atomic E-state index is -1.95. The van der Waals surface area contributed by atoms with Crippen LogP contribution in [0.25, 0.3) is 22.3 Å². The van der Waals surface area contributed by atoms with Gasteiger partial charge in [0.05, 0.1) is 47.3 Å². The average molecular weight is 586 g/mol. The zero-order valence-corrected chi connectivity index (χ0v) is 23.1. The van der Waals surface area contributed by atoms with Crippen molar-refractivity contribution < 1.29 is 28.6 Å². The maximum Gasteiger partial charge on any atom is 0.343 e. The lowest BCUT2D eigenvalue weighted by molar-refractivity contribution is -0.172. The molecule has 5 N–H and O–H groups in total. The molecule has 6 rings (SSSR count). The summed E-state index contributed by atoms with van der Waals surface area (Å²) in [7, 11) is 0. The molecule has 0 radical (unpaired) electrons. The van der Waals surface area contributed by atoms with Crippen molar-refractivity contribution in [2.75, 3.05) is 11.9 Å². The number of ether oxygens (including phenoxy) is 1. The molecule has 220 valence electrons. The second kappa shape index (κ2) is 10.7. The van der Waals surface area contributed by atoms with Gasteiger partial charge in [0.25, 0.3) is 5.56 Å². The van der Waals surface area contributed by atoms with Gasteiger partial charge < -0.3 is 30.8 Å². The maximum absolute atomic E-state index is 15.1. The molecule has 4 aromatic rings. The van der Waals surface area contributed by atoms with E-state index in [-0.39, 0.29) is 41.9 Å². The Labute approximate surface area is 244 Å². The molecule has 0 fully saturated rings. The topological polar surface area (TPSA) is 166 Å². The zero-order chi connectivity index (χ0) is 30.5. The van der Waals surface area contributed by atoms with Gasteiger partial charge in [0.15, 0.2) is 5.60 Å². The Bertz CT molecular complexity index is 1870. The summed E-state index contributed by atoms with van der Waals surface area (Å²) < 4.78 is 21.6. The molecule has 12 heteroatoms. The number of hydrogen-bond acceptors (Lipinski definition) is 8. The van der Waals surface area contributed by atoms with Crippen LogP contribution in [-0.2, 0) is 44.3 Å². The van der Waals surface area contributed by atoms with E-state index in [0.29, 0.717) is 28.8 Å². The number of amides is 2. The molecule has 0 spiro atoms. The predicted molar refractivity (Wildman–Crippen MR) is 154 cm³/mol. The minimum Gasteiger partial charge on any atom is -0.458 e. The Hall–Kier alpha value is -4.94. The molecule has 0 bridgehead atoms. The van der Waals surface area contributed by atoms with Gasteiger partial charge in [-0.25, -0.2) is 14.2 Å². The fraction of sp³-hybridized carbons (Fsp3) is 0.258. The van der Waals surface area contributed by atoms with Gasteiger partial charge in [-0.1, -0.05) is 37.3 Å². The second-order valence-electron chi connectivity index (χ2n) is 10.7. The van der Waals surface area contributed by atoms with Gasteiger partial charge in [0.1, 0.15) is 12.4 Å². The summed E-state index contributed by atoms with van der Waals surface area (Å²) in [5.41, 5.74) is 6.55. The summed E-state index contributed by atoms with van der Waals surface area (Å²) in [6, 6.07) is 14.3. The number of rotatable bonds is 7. The molecular formula is C31H28FN5O6. The van der Waals surface area contributed by atoms with Gasteiger partial charge in [-0.3, -0.25) is 14.4 Å². The molecule has 2 amide bonds. The first-order chi connectivity index (χ1) is 20.6. The number of esters is 1. The molecule has 2 aliphatic heterocycles. The molecule has 2 aromatic carbocycles. The van der Waals surface area contributed by atoms with Crippen LogP contribution in [-0.4, -0.2) is 45.0 Å². The molecule has 0 aliphatic carbocycles. The van der Waals surface area contributed by atoms with Crippen LogP contribution in [0.2, 0.25) is 0 Å². The highest BCUT2D eigenvalue weighted by Gasteiger charge is 2.45. The number of nitrogens with zero attached hydrogens (tertiary/aromatic N) is 2. The van der Waals surface area contributed by atoms with Crippen LogP contribution in [0, 0.1) is 5.82 Å². The van der Waals surface area contributed by atoms with Crippen LogP contribution in [0.1, 0.15) is 35.6 Å². The average Bonchev–Trinajstić information content (AvgIpc) is 3.35. The number of aromatic nitrogens is 2. The summed E-state index contributed by atoms with van der Waals surface area (Å²) in [4.78, 5) is 55.2. The van der Waals surface area contributed by atoms with Gasteiger partial charge in [-0.2, -0.15) is 0 Å². The van der Waals surface area contributed by atoms with Gasteiger partial charge in [0, 0.05) is 22.6 Å². The van der Waals surface area contributed by atoms with Crippen LogP contribution in [0.4, 0.5) is 10.1 Å². The summed E-state index contributed by atoms with van der Waals surface area (Å²) in [5.74, 6) is -2.72. The largest absolute Gasteiger partial charge is 0.458 e. The monoisotopic (exact) mass is 585 g/mol. The van der Waals surface area contributed by atoms with Crippen molar-refractivity contribution in [1.82, 2.24) is 14.9 Å². The van der Waals surface area contributed by atoms with Crippen molar-refractivity contribution >= 4 is 34.4 Å². The van der Waals surface area contributed by atoms with E-state index in [1.165, 1.54) is 16.7 Å². The van der Waals surface area contributed by atoms with Crippen molar-refractivity contribution in [3.63, 3.8) is 0 Å². The van der Waals surface area contributed by atoms with Crippen molar-refractivity contribution in [2.45, 2.75) is 44.6 Å². The number of carbonyl (C=O) groups excluding carboxylic acids is 3. The Morgan fingerprint density at radius 1 is 1.19 bits per heavy atom. The number of nitrogens with two attached hydrogens (primary N) is 1. The van der Waals surface area contributed by atoms with Crippen LogP contribution in [0.15, 0.2) is 59.4 Å². The SMILES string of the molecule is CC[C@@]1(O)C(=O)OCc2c1cc1n(c2=O)Cc2cc3cc(NC(=O)CNC(=O)[C@@H](N)Cc4ccccc4)c(F)cc3nc2-1. The first-order valence-corrected chi connectivity index (χ1v) is 13.8. The number of cyclic esters (lactones) is 1. The number of benzene rings is 2. The van der Waals surface area contributed by atoms with E-state index in [4.69, 9.17) is 10.5 Å². The molecule has 4 heterocycles. The molecule has 11 nitrogen and oxygen atoms in total. The van der Waals surface area contributed by atoms with Gasteiger partial charge >= 0.3 is 5.97 Å². The van der Waals surface area contributed by atoms with Crippen molar-refractivity contribution in [3.8, 4) is 11.4 Å². The predicted octanol–water partition coefficient (Wildman–Crippen LogP) is 1.84. The Balaban J connectivity index is 1.21. The molecular weight excluding hydrogens is 557 g/mol. The number of fused-ring (bicyclic) bond motifs is 5. The second-order valence-corrected chi connectivity index (χ2v) is 10.7. The standard InChI is InChI=1S/C31H28FN5O6/c1-2-31(42)20-11-25-27-18(14-37(25)29(40)19(20)15-43-30(31)41)9-17-10-24(21(32)12-23(17)36-27)35-26(38)13-34-28(39)22(33)8-16-6-4-3-5-7-16/h3-7,9-12,22,42H,2,8,13-15,33H2,1H3,(H,34,39)(H,35,38)/t22-,31-/m0/s1. The number of carbonyl (C=O) groups is 3. The number of halogens is 1. The number of hydrogen-bond donors (Lipinski definition) is 4. The van der Waals surface area contributed by atoms with E-state index in [1.807, 2.05) is 30.3 Å². The molecule has 0 saturated carbocycles. The van der Waals surface area contributed by atoms with Crippen LogP contribution in [0.3, 0.4) is 0 Å². The van der Waals surface area contributed by atoms with Crippen molar-refractivity contribution in [1.29, 1.82) is 0 Å². The van der Waals surface area contributed by atoms with E-state index < -0.39 is 47.3 Å². The fourth-order valence-corrected chi connectivity index (χ4v) is 5.56. The number of nitrogens with one attached hydrogen (secondary N) is 2. The first kappa shape index (κ1) is 28.2. The van der Waals surface area contributed by atoms with E-state index in [2.05, 4.69) is 15.6 Å². The fourth-order valence-electron chi connectivity index (χ4n) is 5.56. The van der Waals surface area contributed by atoms with Gasteiger partial charge in [0.2, 0.25) is 11.8 Å². The van der Waals surface area contributed by atoms with E-state index in [9.17, 15) is 24.3 Å². The van der Waals surface area contributed by atoms with Crippen molar-refractivity contribution in [3.05, 3.63) is 93.0 Å². The molecule has 2 aromatic heterocycles. The molecule has 2 aliphatic rings. The third-order valence-electron chi connectivity index (χ3n) is 7.93. The highest BCUT2D eigenvalue weighted by atomic mass is 19.1. The lowest BCUT2D eigenvalue weighted by Gasteiger charge is -2.31. The van der Waals surface area contributed by atoms with Gasteiger partial charge in [-0.15, -0.1) is 0 Å². The molecule has 43 heavy (non-hydrogen) atoms. The van der Waals surface area contributed by atoms with E-state index in [1.54, 1.807) is 19.1 Å². The van der Waals surface area contributed by atoms with E-state index in [0.717, 1.165) is 5.56 Å². The number of anilines is 1. The normalized spacial score (nSPS) is 17.4. The Kier molecular flexibility index (Phi) is 7.03. The van der Waals surface area contributed by atoms with E-state index >= 15 is 4.39 Å². The van der Waals surface area contributed by atoms with Crippen LogP contribution < -0.4 is 21.9 Å². The van der Waals surface area contributed by atoms with Crippen LogP contribution >= 0.6 is 0 Å². The zero-order valence-electron chi connectivity index (χ0n) is 23.1. The number of aliphatic hydroxyl groups is 1. The summed E-state index contributed by atoms with van der Waals surface area (Å²) in [6.07, 6.45) is 0.318. The summed E-state index contributed by atoms with van der Waals surface area (Å²) in [5, 5.41) is 16.5. The highest BCUT2D eigenvalue weighted by molar-refractivity contribution is 5.97. The third kappa shape index (κ3) is 4.94. The molecule has 2 atom stereocenters. The molecule has 0 saturated heterocycles. The summed E-state index contributed by atoms with van der Waals surface area (Å²) in [6.45, 7) is 1.15. The first-order valence-electron chi connectivity index (χ1n) is 13.8. The number of pyridine rings is 2. The lowest BCUT2D eigenvalue weighted by Crippen LogP contribution is -2.44. The van der Waals surface area contributed by atoms with Gasteiger partial charge in [-0.05, 0) is 36.6 Å². The molecule has 0 unspecified atom stereocenters. The van der Waals surface area contributed by atoms with Crippen molar-refractivity contribution in [2.24, 2.45) is 5.73 Å². The highest BCUT2D eigenvalue weighted by Crippen LogP contribution is 2.39. The lowest BCUT2D eigenvalue weighted by atomic mass is 9.86. The third-order valence-corrected chi connectivity index (χ3v) is 7.93. The smallest absolute Gasteiger partial charge is 0.343 e. The summed E-state index contributed by atoms with van der Waals surface area (Å²) >= 11 is 0. The van der Waals surface area contributed by atoms with Crippen LogP contribution in [0.5, 0.6) is 0 Å².